The first-order valence-corrected chi connectivity index (χ1v) is 7.49. The Morgan fingerprint density at radius 1 is 1.18 bits per heavy atom. The zero-order valence-corrected chi connectivity index (χ0v) is 13.7. The summed E-state index contributed by atoms with van der Waals surface area (Å²) in [6.45, 7) is 2.09. The average Bonchev–Trinajstić information content (AvgIpc) is 2.54. The quantitative estimate of drug-likeness (QED) is 0.861. The largest absolute Gasteiger partial charge is 0.353 e. The van der Waals surface area contributed by atoms with Gasteiger partial charge in [-0.1, -0.05) is 18.2 Å². The normalized spacial score (nSPS) is 15.0. The van der Waals surface area contributed by atoms with E-state index >= 15 is 0 Å². The molecule has 1 aromatic rings. The standard InChI is InChI=1S/C16H23N3O2.ClH/c1-17-10-7-15(20)18-14-8-11-19(12-9-14)16(21)13-5-3-2-4-6-13;/h2-6,14,17H,7-12H2,1H3,(H,18,20);1H. The number of benzene rings is 1. The molecule has 1 fully saturated rings. The zero-order valence-electron chi connectivity index (χ0n) is 12.9. The maximum absolute atomic E-state index is 12.3. The fourth-order valence-electron chi connectivity index (χ4n) is 2.53. The molecule has 2 amide bonds. The van der Waals surface area contributed by atoms with Gasteiger partial charge in [0.15, 0.2) is 0 Å². The minimum absolute atomic E-state index is 0. The summed E-state index contributed by atoms with van der Waals surface area (Å²) in [6, 6.07) is 9.53. The first-order chi connectivity index (χ1) is 10.2. The van der Waals surface area contributed by atoms with Crippen molar-refractivity contribution in [2.24, 2.45) is 0 Å². The Balaban J connectivity index is 0.00000242. The zero-order chi connectivity index (χ0) is 15.1. The van der Waals surface area contributed by atoms with Crippen LogP contribution in [0.15, 0.2) is 30.3 Å². The van der Waals surface area contributed by atoms with Crippen LogP contribution in [0.5, 0.6) is 0 Å². The number of likely N-dealkylation sites (tertiary alicyclic amines) is 1. The third-order valence-corrected chi connectivity index (χ3v) is 3.77. The highest BCUT2D eigenvalue weighted by molar-refractivity contribution is 5.94. The lowest BCUT2D eigenvalue weighted by molar-refractivity contribution is -0.121. The average molecular weight is 326 g/mol. The molecule has 0 aromatic heterocycles. The Morgan fingerprint density at radius 2 is 1.82 bits per heavy atom. The van der Waals surface area contributed by atoms with Gasteiger partial charge in [0.1, 0.15) is 0 Å². The van der Waals surface area contributed by atoms with Crippen molar-refractivity contribution < 1.29 is 9.59 Å². The van der Waals surface area contributed by atoms with Gasteiger partial charge in [-0.3, -0.25) is 9.59 Å². The van der Waals surface area contributed by atoms with Gasteiger partial charge in [-0.15, -0.1) is 12.4 Å². The van der Waals surface area contributed by atoms with Gasteiger partial charge >= 0.3 is 0 Å². The van der Waals surface area contributed by atoms with Gasteiger partial charge in [-0.05, 0) is 32.0 Å². The lowest BCUT2D eigenvalue weighted by atomic mass is 10.0. The summed E-state index contributed by atoms with van der Waals surface area (Å²) >= 11 is 0. The minimum atomic E-state index is 0. The molecule has 0 atom stereocenters. The topological polar surface area (TPSA) is 61.4 Å². The van der Waals surface area contributed by atoms with Crippen LogP contribution in [-0.4, -0.2) is 49.4 Å². The molecular formula is C16H24ClN3O2. The number of amides is 2. The second-order valence-corrected chi connectivity index (χ2v) is 5.35. The van der Waals surface area contributed by atoms with Crippen molar-refractivity contribution >= 4 is 24.2 Å². The van der Waals surface area contributed by atoms with Gasteiger partial charge in [-0.25, -0.2) is 0 Å². The highest BCUT2D eigenvalue weighted by atomic mass is 35.5. The smallest absolute Gasteiger partial charge is 0.253 e. The third kappa shape index (κ3) is 5.31. The fourth-order valence-corrected chi connectivity index (χ4v) is 2.53. The summed E-state index contributed by atoms with van der Waals surface area (Å²) < 4.78 is 0. The Morgan fingerprint density at radius 3 is 2.41 bits per heavy atom. The predicted molar refractivity (Wildman–Crippen MR) is 89.3 cm³/mol. The fraction of sp³-hybridized carbons (Fsp3) is 0.500. The van der Waals surface area contributed by atoms with E-state index in [2.05, 4.69) is 10.6 Å². The molecule has 1 aliphatic rings. The molecule has 22 heavy (non-hydrogen) atoms. The van der Waals surface area contributed by atoms with Crippen molar-refractivity contribution in [2.45, 2.75) is 25.3 Å². The van der Waals surface area contributed by atoms with Gasteiger partial charge in [0.25, 0.3) is 5.91 Å². The van der Waals surface area contributed by atoms with Crippen LogP contribution in [0.25, 0.3) is 0 Å². The molecule has 2 N–H and O–H groups in total. The SMILES string of the molecule is CNCCC(=O)NC1CCN(C(=O)c2ccccc2)CC1.Cl. The number of piperidine rings is 1. The van der Waals surface area contributed by atoms with E-state index in [4.69, 9.17) is 0 Å². The Kier molecular flexibility index (Phi) is 7.91. The summed E-state index contributed by atoms with van der Waals surface area (Å²) in [5.74, 6) is 0.160. The molecule has 0 saturated carbocycles. The Hall–Kier alpha value is -1.59. The molecule has 0 unspecified atom stereocenters. The maximum atomic E-state index is 12.3. The second kappa shape index (κ2) is 9.43. The molecule has 0 spiro atoms. The van der Waals surface area contributed by atoms with Crippen LogP contribution in [0, 0.1) is 0 Å². The maximum Gasteiger partial charge on any atom is 0.253 e. The first-order valence-electron chi connectivity index (χ1n) is 7.49. The number of rotatable bonds is 5. The van der Waals surface area contributed by atoms with Crippen LogP contribution in [0.4, 0.5) is 0 Å². The number of hydrogen-bond donors (Lipinski definition) is 2. The number of hydrogen-bond acceptors (Lipinski definition) is 3. The number of nitrogens with zero attached hydrogens (tertiary/aromatic N) is 1. The van der Waals surface area contributed by atoms with Crippen molar-refractivity contribution in [3.8, 4) is 0 Å². The van der Waals surface area contributed by atoms with E-state index in [-0.39, 0.29) is 30.3 Å². The first kappa shape index (κ1) is 18.5. The lowest BCUT2D eigenvalue weighted by Crippen LogP contribution is -2.46. The second-order valence-electron chi connectivity index (χ2n) is 5.35. The van der Waals surface area contributed by atoms with E-state index in [9.17, 15) is 9.59 Å². The molecule has 1 aromatic carbocycles. The van der Waals surface area contributed by atoms with E-state index in [0.29, 0.717) is 26.1 Å². The minimum Gasteiger partial charge on any atom is -0.353 e. The Labute approximate surface area is 137 Å². The van der Waals surface area contributed by atoms with Crippen molar-refractivity contribution in [1.29, 1.82) is 0 Å². The summed E-state index contributed by atoms with van der Waals surface area (Å²) in [5, 5.41) is 6.00. The number of carbonyl (C=O) groups excluding carboxylic acids is 2. The third-order valence-electron chi connectivity index (χ3n) is 3.77. The number of nitrogens with one attached hydrogen (secondary N) is 2. The van der Waals surface area contributed by atoms with E-state index in [1.165, 1.54) is 0 Å². The monoisotopic (exact) mass is 325 g/mol. The van der Waals surface area contributed by atoms with Crippen LogP contribution in [-0.2, 0) is 4.79 Å². The predicted octanol–water partition coefficient (Wildman–Crippen LogP) is 1.44. The summed E-state index contributed by atoms with van der Waals surface area (Å²) in [6.07, 6.45) is 2.15. The van der Waals surface area contributed by atoms with Gasteiger partial charge in [0.05, 0.1) is 0 Å². The van der Waals surface area contributed by atoms with Crippen molar-refractivity contribution in [3.05, 3.63) is 35.9 Å². The van der Waals surface area contributed by atoms with Gasteiger partial charge < -0.3 is 15.5 Å². The summed E-state index contributed by atoms with van der Waals surface area (Å²) in [5.41, 5.74) is 0.731. The van der Waals surface area contributed by atoms with Gasteiger partial charge in [0, 0.05) is 37.7 Å². The van der Waals surface area contributed by atoms with Gasteiger partial charge in [0.2, 0.25) is 5.91 Å². The molecule has 2 rings (SSSR count). The molecule has 0 radical (unpaired) electrons. The van der Waals surface area contributed by atoms with E-state index in [1.54, 1.807) is 0 Å². The molecule has 5 nitrogen and oxygen atoms in total. The lowest BCUT2D eigenvalue weighted by Gasteiger charge is -2.32. The number of halogens is 1. The van der Waals surface area contributed by atoms with Crippen molar-refractivity contribution in [1.82, 2.24) is 15.5 Å². The van der Waals surface area contributed by atoms with Crippen LogP contribution < -0.4 is 10.6 Å². The van der Waals surface area contributed by atoms with E-state index in [1.807, 2.05) is 42.3 Å². The Bertz CT molecular complexity index is 474. The van der Waals surface area contributed by atoms with Gasteiger partial charge in [-0.2, -0.15) is 0 Å². The van der Waals surface area contributed by atoms with Crippen LogP contribution in [0.2, 0.25) is 0 Å². The molecule has 1 saturated heterocycles. The summed E-state index contributed by atoms with van der Waals surface area (Å²) in [4.78, 5) is 25.8. The van der Waals surface area contributed by atoms with Crippen molar-refractivity contribution in [3.63, 3.8) is 0 Å². The summed E-state index contributed by atoms with van der Waals surface area (Å²) in [7, 11) is 1.83. The molecule has 0 aliphatic carbocycles. The highest BCUT2D eigenvalue weighted by Gasteiger charge is 2.24. The van der Waals surface area contributed by atoms with Crippen LogP contribution >= 0.6 is 12.4 Å². The number of carbonyl (C=O) groups is 2. The van der Waals surface area contributed by atoms with Crippen LogP contribution in [0.1, 0.15) is 29.6 Å². The van der Waals surface area contributed by atoms with Crippen LogP contribution in [0.3, 0.4) is 0 Å². The van der Waals surface area contributed by atoms with E-state index in [0.717, 1.165) is 18.4 Å². The molecule has 6 heteroatoms. The highest BCUT2D eigenvalue weighted by Crippen LogP contribution is 2.14. The molecule has 0 bridgehead atoms. The molecule has 122 valence electrons. The van der Waals surface area contributed by atoms with Crippen molar-refractivity contribution in [2.75, 3.05) is 26.7 Å². The molecular weight excluding hydrogens is 302 g/mol. The molecule has 1 aliphatic heterocycles. The van der Waals surface area contributed by atoms with E-state index < -0.39 is 0 Å². The molecule has 1 heterocycles.